The van der Waals surface area contributed by atoms with Gasteiger partial charge in [-0.25, -0.2) is 13.4 Å². The van der Waals surface area contributed by atoms with E-state index < -0.39 is 16.1 Å². The Morgan fingerprint density at radius 3 is 2.52 bits per heavy atom. The number of nitrogens with zero attached hydrogens (tertiary/aromatic N) is 2. The molecule has 1 unspecified atom stereocenters. The Morgan fingerprint density at radius 1 is 1.18 bits per heavy atom. The summed E-state index contributed by atoms with van der Waals surface area (Å²) in [5, 5.41) is 14.5. The highest BCUT2D eigenvalue weighted by molar-refractivity contribution is 7.92. The smallest absolute Gasteiger partial charge is 0.256 e. The van der Waals surface area contributed by atoms with Crippen molar-refractivity contribution in [2.24, 2.45) is 0 Å². The van der Waals surface area contributed by atoms with Crippen LogP contribution in [0.1, 0.15) is 64.5 Å². The molecule has 0 fully saturated rings. The van der Waals surface area contributed by atoms with Gasteiger partial charge in [0.15, 0.2) is 10.9 Å². The van der Waals surface area contributed by atoms with E-state index in [2.05, 4.69) is 51.3 Å². The number of carbonyl (C=O) groups excluding carboxylic acids is 2. The Bertz CT molecular complexity index is 1320. The molecule has 0 saturated carbocycles. The van der Waals surface area contributed by atoms with Gasteiger partial charge in [0.2, 0.25) is 15.8 Å². The van der Waals surface area contributed by atoms with E-state index in [1.54, 1.807) is 12.1 Å². The number of aromatic amines is 1. The first-order chi connectivity index (χ1) is 15.4. The van der Waals surface area contributed by atoms with Crippen LogP contribution in [-0.2, 0) is 22.0 Å². The third kappa shape index (κ3) is 4.97. The second-order valence-corrected chi connectivity index (χ2v) is 11.4. The number of anilines is 2. The summed E-state index contributed by atoms with van der Waals surface area (Å²) in [6, 6.07) is 6.58. The average molecular weight is 489 g/mol. The van der Waals surface area contributed by atoms with E-state index in [1.165, 1.54) is 5.38 Å². The Labute approximate surface area is 195 Å². The van der Waals surface area contributed by atoms with Crippen LogP contribution in [0.15, 0.2) is 29.6 Å². The van der Waals surface area contributed by atoms with Crippen molar-refractivity contribution in [1.82, 2.24) is 20.5 Å². The van der Waals surface area contributed by atoms with Gasteiger partial charge in [0, 0.05) is 23.1 Å². The van der Waals surface area contributed by atoms with E-state index in [-0.39, 0.29) is 33.7 Å². The monoisotopic (exact) mass is 488 g/mol. The molecule has 1 atom stereocenters. The molecule has 4 N–H and O–H groups in total. The zero-order valence-electron chi connectivity index (χ0n) is 18.5. The largest absolute Gasteiger partial charge is 0.305 e. The number of H-pyrrole nitrogens is 1. The maximum Gasteiger partial charge on any atom is 0.256 e. The normalized spacial score (nSPS) is 15.8. The summed E-state index contributed by atoms with van der Waals surface area (Å²) in [5.41, 5.74) is 2.92. The zero-order valence-corrected chi connectivity index (χ0v) is 20.1. The van der Waals surface area contributed by atoms with Gasteiger partial charge in [-0.3, -0.25) is 24.7 Å². The lowest BCUT2D eigenvalue weighted by atomic mass is 9.87. The van der Waals surface area contributed by atoms with Gasteiger partial charge >= 0.3 is 0 Å². The molecule has 10 nitrogen and oxygen atoms in total. The molecule has 1 aliphatic heterocycles. The van der Waals surface area contributed by atoms with E-state index in [1.807, 2.05) is 12.1 Å². The van der Waals surface area contributed by atoms with Crippen molar-refractivity contribution >= 4 is 44.0 Å². The lowest BCUT2D eigenvalue weighted by Gasteiger charge is -2.19. The number of Topliss-reactive ketones (excluding diaryl/α,β-unsaturated/α-hetero) is 1. The first kappa shape index (κ1) is 23.1. The van der Waals surface area contributed by atoms with Crippen molar-refractivity contribution in [2.45, 2.75) is 38.8 Å². The topological polar surface area (TPSA) is 146 Å². The van der Waals surface area contributed by atoms with Gasteiger partial charge in [0.05, 0.1) is 11.9 Å². The van der Waals surface area contributed by atoms with E-state index >= 15 is 0 Å². The molecule has 0 bridgehead atoms. The first-order valence-electron chi connectivity index (χ1n) is 10.1. The maximum atomic E-state index is 13.1. The van der Waals surface area contributed by atoms with E-state index in [9.17, 15) is 18.0 Å². The first-order valence-corrected chi connectivity index (χ1v) is 12.9. The molecule has 1 amide bonds. The Kier molecular flexibility index (Phi) is 5.85. The summed E-state index contributed by atoms with van der Waals surface area (Å²) < 4.78 is 25.1. The van der Waals surface area contributed by atoms with Crippen LogP contribution in [0.5, 0.6) is 0 Å². The lowest BCUT2D eigenvalue weighted by molar-refractivity contribution is 0.0942. The maximum absolute atomic E-state index is 13.1. The molecule has 1 aromatic carbocycles. The number of hydrogen-bond acceptors (Lipinski definition) is 8. The summed E-state index contributed by atoms with van der Waals surface area (Å²) in [7, 11) is -3.50. The summed E-state index contributed by atoms with van der Waals surface area (Å²) >= 11 is 1.02. The molecule has 0 aliphatic carbocycles. The van der Waals surface area contributed by atoms with E-state index in [0.29, 0.717) is 23.4 Å². The molecule has 174 valence electrons. The molecule has 3 aromatic rings. The van der Waals surface area contributed by atoms with E-state index in [0.717, 1.165) is 23.2 Å². The van der Waals surface area contributed by atoms with Crippen LogP contribution in [0.2, 0.25) is 0 Å². The number of fused-ring (bicyclic) bond motifs is 1. The van der Waals surface area contributed by atoms with Crippen molar-refractivity contribution in [3.63, 3.8) is 0 Å². The summed E-state index contributed by atoms with van der Waals surface area (Å²) in [6.45, 7) is 6.67. The number of sulfonamides is 1. The third-order valence-electron chi connectivity index (χ3n) is 5.19. The van der Waals surface area contributed by atoms with Crippen LogP contribution < -0.4 is 15.4 Å². The lowest BCUT2D eigenvalue weighted by Crippen LogP contribution is -2.24. The SMILES string of the molecule is CC(C)(C)c1ccc(C(=O)Nc2n[nH]c3c2C(C(=O)c2csc(NS(C)(=O)=O)n2)NC3)cc1. The van der Waals surface area contributed by atoms with Gasteiger partial charge in [-0.1, -0.05) is 32.9 Å². The van der Waals surface area contributed by atoms with Crippen molar-refractivity contribution in [3.8, 4) is 0 Å². The second kappa shape index (κ2) is 8.36. The molecule has 0 radical (unpaired) electrons. The predicted molar refractivity (Wildman–Crippen MR) is 126 cm³/mol. The standard InChI is InChI=1S/C21H24N6O4S2/c1-21(2,3)12-7-5-11(6-8-12)19(29)24-18-15-13(25-26-18)9-22-16(15)17(28)14-10-32-20(23-14)27-33(4,30)31/h5-8,10,16,22H,9H2,1-4H3,(H,23,27)(H2,24,25,26,29). The van der Waals surface area contributed by atoms with Gasteiger partial charge in [0.1, 0.15) is 11.7 Å². The fourth-order valence-corrected chi connectivity index (χ4v) is 5.05. The van der Waals surface area contributed by atoms with Crippen LogP contribution in [0.25, 0.3) is 0 Å². The molecular weight excluding hydrogens is 464 g/mol. The minimum absolute atomic E-state index is 0.0241. The molecule has 33 heavy (non-hydrogen) atoms. The van der Waals surface area contributed by atoms with Crippen molar-refractivity contribution in [3.05, 3.63) is 57.7 Å². The molecule has 4 rings (SSSR count). The summed E-state index contributed by atoms with van der Waals surface area (Å²) in [4.78, 5) is 30.0. The van der Waals surface area contributed by atoms with Crippen molar-refractivity contribution in [1.29, 1.82) is 0 Å². The summed E-state index contributed by atoms with van der Waals surface area (Å²) in [5.74, 6) is -0.419. The average Bonchev–Trinajstić information content (AvgIpc) is 3.43. The van der Waals surface area contributed by atoms with Crippen molar-refractivity contribution in [2.75, 3.05) is 16.3 Å². The third-order valence-corrected chi connectivity index (χ3v) is 6.64. The predicted octanol–water partition coefficient (Wildman–Crippen LogP) is 2.81. The highest BCUT2D eigenvalue weighted by Crippen LogP contribution is 2.33. The fourth-order valence-electron chi connectivity index (χ4n) is 3.50. The van der Waals surface area contributed by atoms with Crippen LogP contribution in [0, 0.1) is 0 Å². The molecular formula is C21H24N6O4S2. The van der Waals surface area contributed by atoms with Gasteiger partial charge in [-0.2, -0.15) is 5.10 Å². The molecule has 1 aliphatic rings. The number of aromatic nitrogens is 3. The molecule has 3 heterocycles. The number of carbonyl (C=O) groups is 2. The van der Waals surface area contributed by atoms with Crippen LogP contribution in [0.4, 0.5) is 10.9 Å². The Morgan fingerprint density at radius 2 is 1.88 bits per heavy atom. The van der Waals surface area contributed by atoms with Gasteiger partial charge in [-0.15, -0.1) is 11.3 Å². The number of amides is 1. The highest BCUT2D eigenvalue weighted by atomic mass is 32.2. The van der Waals surface area contributed by atoms with Crippen LogP contribution in [-0.4, -0.2) is 41.5 Å². The molecule has 2 aromatic heterocycles. The van der Waals surface area contributed by atoms with Crippen molar-refractivity contribution < 1.29 is 18.0 Å². The van der Waals surface area contributed by atoms with Crippen LogP contribution >= 0.6 is 11.3 Å². The highest BCUT2D eigenvalue weighted by Gasteiger charge is 2.35. The quantitative estimate of drug-likeness (QED) is 0.390. The second-order valence-electron chi connectivity index (χ2n) is 8.84. The fraction of sp³-hybridized carbons (Fsp3) is 0.333. The Balaban J connectivity index is 1.53. The van der Waals surface area contributed by atoms with Gasteiger partial charge in [0.25, 0.3) is 5.91 Å². The minimum Gasteiger partial charge on any atom is -0.305 e. The zero-order chi connectivity index (χ0) is 24.0. The number of thiazole rings is 1. The number of benzene rings is 1. The number of hydrogen-bond donors (Lipinski definition) is 4. The molecule has 0 spiro atoms. The number of nitrogens with one attached hydrogen (secondary N) is 4. The molecule has 12 heteroatoms. The minimum atomic E-state index is -3.50. The summed E-state index contributed by atoms with van der Waals surface area (Å²) in [6.07, 6.45) is 1.01. The Hall–Kier alpha value is -3.09. The number of rotatable bonds is 6. The number of ketones is 1. The molecule has 0 saturated heterocycles. The van der Waals surface area contributed by atoms with Gasteiger partial charge < -0.3 is 5.32 Å². The van der Waals surface area contributed by atoms with Gasteiger partial charge in [-0.05, 0) is 23.1 Å². The van der Waals surface area contributed by atoms with Crippen LogP contribution in [0.3, 0.4) is 0 Å². The van der Waals surface area contributed by atoms with E-state index in [4.69, 9.17) is 0 Å².